The monoisotopic (exact) mass is 262 g/mol. The normalized spacial score (nSPS) is 24.4. The van der Waals surface area contributed by atoms with Gasteiger partial charge in [-0.15, -0.1) is 0 Å². The standard InChI is InChI=1S/C15H19FN2O/c1-4-19-14-8-13(15(14,2)3)18-12-6-5-11(16)7-10(12)9-17/h5-7,13-14,18H,4,8H2,1-3H3. The van der Waals surface area contributed by atoms with Crippen molar-refractivity contribution >= 4 is 5.69 Å². The van der Waals surface area contributed by atoms with E-state index in [1.54, 1.807) is 6.07 Å². The summed E-state index contributed by atoms with van der Waals surface area (Å²) in [5.74, 6) is -0.387. The highest BCUT2D eigenvalue weighted by atomic mass is 19.1. The summed E-state index contributed by atoms with van der Waals surface area (Å²) in [6.07, 6.45) is 1.14. The maximum absolute atomic E-state index is 13.1. The second-order valence-electron chi connectivity index (χ2n) is 5.50. The smallest absolute Gasteiger partial charge is 0.124 e. The van der Waals surface area contributed by atoms with E-state index < -0.39 is 0 Å². The average Bonchev–Trinajstić information content (AvgIpc) is 2.39. The molecule has 0 aliphatic heterocycles. The van der Waals surface area contributed by atoms with Crippen molar-refractivity contribution in [3.8, 4) is 6.07 Å². The van der Waals surface area contributed by atoms with E-state index in [0.29, 0.717) is 17.9 Å². The van der Waals surface area contributed by atoms with Crippen LogP contribution in [0.3, 0.4) is 0 Å². The fourth-order valence-electron chi connectivity index (χ4n) is 2.54. The molecule has 0 saturated heterocycles. The summed E-state index contributed by atoms with van der Waals surface area (Å²) in [5.41, 5.74) is 1.05. The second kappa shape index (κ2) is 5.18. The van der Waals surface area contributed by atoms with E-state index in [-0.39, 0.29) is 23.4 Å². The van der Waals surface area contributed by atoms with Crippen LogP contribution >= 0.6 is 0 Å². The van der Waals surface area contributed by atoms with Gasteiger partial charge in [0.05, 0.1) is 17.4 Å². The van der Waals surface area contributed by atoms with Gasteiger partial charge in [0.2, 0.25) is 0 Å². The lowest BCUT2D eigenvalue weighted by Gasteiger charge is -2.52. The number of anilines is 1. The van der Waals surface area contributed by atoms with Gasteiger partial charge in [0.1, 0.15) is 11.9 Å². The second-order valence-corrected chi connectivity index (χ2v) is 5.50. The van der Waals surface area contributed by atoms with Crippen LogP contribution in [0.1, 0.15) is 32.8 Å². The highest BCUT2D eigenvalue weighted by molar-refractivity contribution is 5.58. The number of benzene rings is 1. The van der Waals surface area contributed by atoms with Gasteiger partial charge in [-0.3, -0.25) is 0 Å². The lowest BCUT2D eigenvalue weighted by Crippen LogP contribution is -2.58. The number of nitrogens with one attached hydrogen (secondary N) is 1. The van der Waals surface area contributed by atoms with Gasteiger partial charge < -0.3 is 10.1 Å². The van der Waals surface area contributed by atoms with Gasteiger partial charge >= 0.3 is 0 Å². The topological polar surface area (TPSA) is 45.0 Å². The first-order chi connectivity index (χ1) is 8.98. The van der Waals surface area contributed by atoms with E-state index in [0.717, 1.165) is 6.42 Å². The van der Waals surface area contributed by atoms with Gasteiger partial charge in [0, 0.05) is 18.1 Å². The molecule has 2 unspecified atom stereocenters. The molecule has 0 aromatic heterocycles. The molecule has 1 aromatic rings. The van der Waals surface area contributed by atoms with Crippen LogP contribution < -0.4 is 5.32 Å². The number of nitriles is 1. The molecule has 0 radical (unpaired) electrons. The van der Waals surface area contributed by atoms with Crippen molar-refractivity contribution in [2.75, 3.05) is 11.9 Å². The third-order valence-corrected chi connectivity index (χ3v) is 3.98. The molecule has 1 saturated carbocycles. The van der Waals surface area contributed by atoms with Crippen molar-refractivity contribution < 1.29 is 9.13 Å². The molecule has 19 heavy (non-hydrogen) atoms. The summed E-state index contributed by atoms with van der Waals surface area (Å²) in [6, 6.07) is 6.51. The van der Waals surface area contributed by atoms with Crippen LogP contribution in [0.4, 0.5) is 10.1 Å². The van der Waals surface area contributed by atoms with Crippen molar-refractivity contribution in [3.63, 3.8) is 0 Å². The Kier molecular flexibility index (Phi) is 3.77. The molecule has 2 atom stereocenters. The summed E-state index contributed by atoms with van der Waals surface area (Å²) < 4.78 is 18.8. The summed E-state index contributed by atoms with van der Waals surface area (Å²) in [7, 11) is 0. The van der Waals surface area contributed by atoms with Gasteiger partial charge in [-0.1, -0.05) is 13.8 Å². The Labute approximate surface area is 113 Å². The lowest BCUT2D eigenvalue weighted by molar-refractivity contribution is -0.0976. The van der Waals surface area contributed by atoms with Crippen molar-refractivity contribution in [1.29, 1.82) is 5.26 Å². The molecule has 1 aliphatic carbocycles. The Hall–Kier alpha value is -1.60. The highest BCUT2D eigenvalue weighted by Crippen LogP contribution is 2.44. The summed E-state index contributed by atoms with van der Waals surface area (Å²) >= 11 is 0. The van der Waals surface area contributed by atoms with Crippen molar-refractivity contribution in [3.05, 3.63) is 29.6 Å². The minimum Gasteiger partial charge on any atom is -0.381 e. The quantitative estimate of drug-likeness (QED) is 0.905. The van der Waals surface area contributed by atoms with Crippen molar-refractivity contribution in [2.24, 2.45) is 5.41 Å². The molecular formula is C15H19FN2O. The lowest BCUT2D eigenvalue weighted by atomic mass is 9.64. The Balaban J connectivity index is 2.10. The van der Waals surface area contributed by atoms with Gasteiger partial charge in [0.15, 0.2) is 0 Å². The Morgan fingerprint density at radius 2 is 2.26 bits per heavy atom. The number of halogens is 1. The first-order valence-electron chi connectivity index (χ1n) is 6.56. The van der Waals surface area contributed by atoms with Gasteiger partial charge in [-0.25, -0.2) is 4.39 Å². The van der Waals surface area contributed by atoms with Crippen LogP contribution in [0, 0.1) is 22.6 Å². The zero-order chi connectivity index (χ0) is 14.0. The van der Waals surface area contributed by atoms with Crippen LogP contribution in [0.2, 0.25) is 0 Å². The molecule has 0 spiro atoms. The minimum atomic E-state index is -0.387. The molecule has 1 aromatic carbocycles. The van der Waals surface area contributed by atoms with E-state index in [9.17, 15) is 4.39 Å². The Morgan fingerprint density at radius 1 is 1.53 bits per heavy atom. The first kappa shape index (κ1) is 13.8. The zero-order valence-electron chi connectivity index (χ0n) is 11.5. The number of hydrogen-bond donors (Lipinski definition) is 1. The number of hydrogen-bond acceptors (Lipinski definition) is 3. The Bertz CT molecular complexity index is 507. The largest absolute Gasteiger partial charge is 0.381 e. The molecule has 2 rings (SSSR count). The first-order valence-corrected chi connectivity index (χ1v) is 6.56. The summed E-state index contributed by atoms with van der Waals surface area (Å²) in [5, 5.41) is 12.4. The van der Waals surface area contributed by atoms with E-state index in [4.69, 9.17) is 10.00 Å². The van der Waals surface area contributed by atoms with E-state index in [2.05, 4.69) is 19.2 Å². The van der Waals surface area contributed by atoms with Gasteiger partial charge in [0.25, 0.3) is 0 Å². The summed E-state index contributed by atoms with van der Waals surface area (Å²) in [6.45, 7) is 6.99. The van der Waals surface area contributed by atoms with Crippen LogP contribution in [0.5, 0.6) is 0 Å². The van der Waals surface area contributed by atoms with E-state index in [1.807, 2.05) is 13.0 Å². The number of nitrogens with zero attached hydrogens (tertiary/aromatic N) is 1. The molecular weight excluding hydrogens is 243 g/mol. The predicted molar refractivity (Wildman–Crippen MR) is 72.3 cm³/mol. The van der Waals surface area contributed by atoms with Crippen LogP contribution in [0.25, 0.3) is 0 Å². The highest BCUT2D eigenvalue weighted by Gasteiger charge is 2.49. The zero-order valence-corrected chi connectivity index (χ0v) is 11.5. The number of rotatable bonds is 4. The molecule has 1 N–H and O–H groups in total. The van der Waals surface area contributed by atoms with Crippen LogP contribution in [-0.4, -0.2) is 18.8 Å². The van der Waals surface area contributed by atoms with E-state index >= 15 is 0 Å². The molecule has 4 heteroatoms. The van der Waals surface area contributed by atoms with Crippen LogP contribution in [0.15, 0.2) is 18.2 Å². The molecule has 1 fully saturated rings. The maximum atomic E-state index is 13.1. The van der Waals surface area contributed by atoms with Gasteiger partial charge in [-0.2, -0.15) is 5.26 Å². The fraction of sp³-hybridized carbons (Fsp3) is 0.533. The molecule has 0 amide bonds. The molecule has 0 heterocycles. The maximum Gasteiger partial charge on any atom is 0.124 e. The molecule has 102 valence electrons. The third kappa shape index (κ3) is 2.57. The molecule has 3 nitrogen and oxygen atoms in total. The molecule has 0 bridgehead atoms. The van der Waals surface area contributed by atoms with Crippen LogP contribution in [-0.2, 0) is 4.74 Å². The third-order valence-electron chi connectivity index (χ3n) is 3.98. The summed E-state index contributed by atoms with van der Waals surface area (Å²) in [4.78, 5) is 0. The molecule has 1 aliphatic rings. The predicted octanol–water partition coefficient (Wildman–Crippen LogP) is 3.31. The fourth-order valence-corrected chi connectivity index (χ4v) is 2.54. The Morgan fingerprint density at radius 3 is 2.84 bits per heavy atom. The minimum absolute atomic E-state index is 0.0110. The van der Waals surface area contributed by atoms with E-state index in [1.165, 1.54) is 12.1 Å². The SMILES string of the molecule is CCOC1CC(Nc2ccc(F)cc2C#N)C1(C)C. The average molecular weight is 262 g/mol. The number of ether oxygens (including phenoxy) is 1. The van der Waals surface area contributed by atoms with Gasteiger partial charge in [-0.05, 0) is 31.5 Å². The van der Waals surface area contributed by atoms with Crippen molar-refractivity contribution in [2.45, 2.75) is 39.3 Å². The van der Waals surface area contributed by atoms with Crippen molar-refractivity contribution in [1.82, 2.24) is 0 Å².